The largest absolute Gasteiger partial charge is 0.324 e. The van der Waals surface area contributed by atoms with E-state index in [4.69, 9.17) is 5.73 Å². The van der Waals surface area contributed by atoms with Gasteiger partial charge in [0.25, 0.3) is 0 Å². The fraction of sp³-hybridized carbons (Fsp3) is 0.571. The molecule has 0 saturated heterocycles. The Balaban J connectivity index is 2.80. The topological polar surface area (TPSA) is 118 Å². The molecule has 0 aliphatic carbocycles. The van der Waals surface area contributed by atoms with E-state index >= 15 is 0 Å². The van der Waals surface area contributed by atoms with Crippen molar-refractivity contribution in [2.75, 3.05) is 17.0 Å². The number of hydrogen-bond acceptors (Lipinski definition) is 5. The first-order chi connectivity index (χ1) is 10.5. The van der Waals surface area contributed by atoms with Gasteiger partial charge >= 0.3 is 0 Å². The van der Waals surface area contributed by atoms with Gasteiger partial charge in [-0.25, -0.2) is 21.6 Å². The highest BCUT2D eigenvalue weighted by Gasteiger charge is 2.19. The summed E-state index contributed by atoms with van der Waals surface area (Å²) in [5.41, 5.74) is 5.42. The predicted octanol–water partition coefficient (Wildman–Crippen LogP) is 1.24. The van der Waals surface area contributed by atoms with Crippen LogP contribution in [0.2, 0.25) is 0 Å². The molecule has 0 aromatic heterocycles. The van der Waals surface area contributed by atoms with Crippen LogP contribution in [-0.4, -0.2) is 34.7 Å². The second kappa shape index (κ2) is 7.61. The van der Waals surface area contributed by atoms with Crippen molar-refractivity contribution in [2.45, 2.75) is 44.0 Å². The van der Waals surface area contributed by atoms with Gasteiger partial charge in [-0.1, -0.05) is 13.3 Å². The van der Waals surface area contributed by atoms with E-state index in [0.29, 0.717) is 12.1 Å². The summed E-state index contributed by atoms with van der Waals surface area (Å²) in [6, 6.07) is 5.55. The molecule has 0 atom stereocenters. The van der Waals surface area contributed by atoms with Gasteiger partial charge in [0.05, 0.1) is 10.6 Å². The fourth-order valence-corrected chi connectivity index (χ4v) is 4.12. The molecule has 1 rings (SSSR count). The lowest BCUT2D eigenvalue weighted by Crippen LogP contribution is -2.45. The molecule has 0 unspecified atom stereocenters. The van der Waals surface area contributed by atoms with Gasteiger partial charge in [0.1, 0.15) is 0 Å². The minimum atomic E-state index is -3.68. The van der Waals surface area contributed by atoms with Crippen LogP contribution < -0.4 is 15.2 Å². The summed E-state index contributed by atoms with van der Waals surface area (Å²) in [6.07, 6.45) is 1.35. The summed E-state index contributed by atoms with van der Waals surface area (Å²) in [5.74, 6) is 0.0384. The molecule has 1 aromatic carbocycles. The lowest BCUT2D eigenvalue weighted by molar-refractivity contribution is 0.498. The van der Waals surface area contributed by atoms with Crippen molar-refractivity contribution in [1.82, 2.24) is 4.72 Å². The number of unbranched alkanes of at least 4 members (excludes halogenated alkanes) is 1. The van der Waals surface area contributed by atoms with Crippen molar-refractivity contribution in [1.29, 1.82) is 0 Å². The van der Waals surface area contributed by atoms with Gasteiger partial charge in [0.15, 0.2) is 0 Å². The molecule has 23 heavy (non-hydrogen) atoms. The van der Waals surface area contributed by atoms with E-state index in [1.807, 2.05) is 6.92 Å². The van der Waals surface area contributed by atoms with Gasteiger partial charge in [-0.15, -0.1) is 0 Å². The van der Waals surface area contributed by atoms with Crippen molar-refractivity contribution in [3.63, 3.8) is 0 Å². The molecule has 7 nitrogen and oxygen atoms in total. The number of benzene rings is 1. The van der Waals surface area contributed by atoms with Crippen molar-refractivity contribution in [3.05, 3.63) is 24.3 Å². The van der Waals surface area contributed by atoms with E-state index < -0.39 is 25.6 Å². The van der Waals surface area contributed by atoms with E-state index in [-0.39, 0.29) is 17.2 Å². The van der Waals surface area contributed by atoms with Crippen LogP contribution in [0.1, 0.15) is 33.6 Å². The first kappa shape index (κ1) is 19.9. The molecule has 0 aliphatic rings. The monoisotopic (exact) mass is 363 g/mol. The Morgan fingerprint density at radius 2 is 1.65 bits per heavy atom. The summed E-state index contributed by atoms with van der Waals surface area (Å²) >= 11 is 0. The Kier molecular flexibility index (Phi) is 6.58. The van der Waals surface area contributed by atoms with Gasteiger partial charge in [-0.3, -0.25) is 4.72 Å². The van der Waals surface area contributed by atoms with Crippen molar-refractivity contribution < 1.29 is 16.8 Å². The smallest absolute Gasteiger partial charge is 0.240 e. The zero-order valence-electron chi connectivity index (χ0n) is 13.7. The number of nitrogens with two attached hydrogens (primary N) is 1. The lowest BCUT2D eigenvalue weighted by Gasteiger charge is -2.19. The summed E-state index contributed by atoms with van der Waals surface area (Å²) in [4.78, 5) is 0.0539. The molecule has 0 saturated carbocycles. The Morgan fingerprint density at radius 3 is 2.13 bits per heavy atom. The highest BCUT2D eigenvalue weighted by Crippen LogP contribution is 2.16. The zero-order valence-corrected chi connectivity index (χ0v) is 15.3. The molecule has 0 aliphatic heterocycles. The minimum Gasteiger partial charge on any atom is -0.324 e. The SMILES string of the molecule is CCCCS(=O)(=O)Nc1ccc(S(=O)(=O)NCC(C)(C)N)cc1. The van der Waals surface area contributed by atoms with Gasteiger partial charge in [0.2, 0.25) is 20.0 Å². The number of sulfonamides is 2. The molecule has 9 heteroatoms. The molecular formula is C14H25N3O4S2. The first-order valence-electron chi connectivity index (χ1n) is 7.34. The maximum Gasteiger partial charge on any atom is 0.240 e. The molecule has 0 fully saturated rings. The van der Waals surface area contributed by atoms with Crippen LogP contribution in [0.4, 0.5) is 5.69 Å². The van der Waals surface area contributed by atoms with E-state index in [2.05, 4.69) is 9.44 Å². The average molecular weight is 364 g/mol. The fourth-order valence-electron chi connectivity index (χ4n) is 1.63. The molecule has 0 bridgehead atoms. The lowest BCUT2D eigenvalue weighted by atomic mass is 10.1. The van der Waals surface area contributed by atoms with Gasteiger partial charge in [-0.05, 0) is 44.5 Å². The highest BCUT2D eigenvalue weighted by atomic mass is 32.2. The standard InChI is InChI=1S/C14H25N3O4S2/c1-4-5-10-22(18,19)17-12-6-8-13(9-7-12)23(20,21)16-11-14(2,3)15/h6-9,16-17H,4-5,10-11,15H2,1-3H3. The zero-order chi connectivity index (χ0) is 17.7. The number of hydrogen-bond donors (Lipinski definition) is 3. The van der Waals surface area contributed by atoms with E-state index in [1.165, 1.54) is 24.3 Å². The highest BCUT2D eigenvalue weighted by molar-refractivity contribution is 7.92. The third kappa shape index (κ3) is 7.30. The van der Waals surface area contributed by atoms with E-state index in [1.54, 1.807) is 13.8 Å². The maximum atomic E-state index is 12.1. The van der Waals surface area contributed by atoms with E-state index in [9.17, 15) is 16.8 Å². The Labute approximate surface area is 138 Å². The van der Waals surface area contributed by atoms with Crippen LogP contribution in [0.3, 0.4) is 0 Å². The summed E-state index contributed by atoms with van der Waals surface area (Å²) < 4.78 is 52.7. The first-order valence-corrected chi connectivity index (χ1v) is 10.5. The van der Waals surface area contributed by atoms with Crippen molar-refractivity contribution >= 4 is 25.7 Å². The molecule has 1 aromatic rings. The molecule has 0 radical (unpaired) electrons. The average Bonchev–Trinajstić information content (AvgIpc) is 2.43. The number of rotatable bonds is 9. The van der Waals surface area contributed by atoms with E-state index in [0.717, 1.165) is 6.42 Å². The quantitative estimate of drug-likeness (QED) is 0.610. The molecule has 0 spiro atoms. The molecule has 0 heterocycles. The summed E-state index contributed by atoms with van der Waals surface area (Å²) in [6.45, 7) is 5.43. The van der Waals surface area contributed by atoms with Crippen LogP contribution in [-0.2, 0) is 20.0 Å². The third-order valence-electron chi connectivity index (χ3n) is 2.92. The Morgan fingerprint density at radius 1 is 1.09 bits per heavy atom. The maximum absolute atomic E-state index is 12.1. The van der Waals surface area contributed by atoms with Crippen molar-refractivity contribution in [3.8, 4) is 0 Å². The second-order valence-electron chi connectivity index (χ2n) is 6.11. The summed E-state index contributed by atoms with van der Waals surface area (Å²) in [5, 5.41) is 0. The number of nitrogens with one attached hydrogen (secondary N) is 2. The minimum absolute atomic E-state index is 0.0384. The van der Waals surface area contributed by atoms with Gasteiger partial charge in [0, 0.05) is 17.8 Å². The van der Waals surface area contributed by atoms with Crippen LogP contribution >= 0.6 is 0 Å². The van der Waals surface area contributed by atoms with Gasteiger partial charge in [-0.2, -0.15) is 0 Å². The Hall–Kier alpha value is -1.16. The number of anilines is 1. The predicted molar refractivity (Wildman–Crippen MR) is 92.2 cm³/mol. The molecule has 132 valence electrons. The van der Waals surface area contributed by atoms with Crippen LogP contribution in [0.25, 0.3) is 0 Å². The molecular weight excluding hydrogens is 338 g/mol. The third-order valence-corrected chi connectivity index (χ3v) is 5.71. The molecule has 0 amide bonds. The Bertz CT molecular complexity index is 705. The normalized spacial score (nSPS) is 13.0. The van der Waals surface area contributed by atoms with Gasteiger partial charge < -0.3 is 5.73 Å². The van der Waals surface area contributed by atoms with Crippen LogP contribution in [0.15, 0.2) is 29.2 Å². The van der Waals surface area contributed by atoms with Crippen LogP contribution in [0, 0.1) is 0 Å². The molecule has 4 N–H and O–H groups in total. The van der Waals surface area contributed by atoms with Crippen LogP contribution in [0.5, 0.6) is 0 Å². The summed E-state index contributed by atoms with van der Waals surface area (Å²) in [7, 11) is -7.08. The second-order valence-corrected chi connectivity index (χ2v) is 9.72. The van der Waals surface area contributed by atoms with Crippen molar-refractivity contribution in [2.24, 2.45) is 5.73 Å².